The lowest BCUT2D eigenvalue weighted by Gasteiger charge is -2.19. The summed E-state index contributed by atoms with van der Waals surface area (Å²) in [6.07, 6.45) is 4.15. The summed E-state index contributed by atoms with van der Waals surface area (Å²) in [6, 6.07) is 16.7. The molecule has 1 aromatic heterocycles. The minimum Gasteiger partial charge on any atom is -0.497 e. The van der Waals surface area contributed by atoms with Crippen LogP contribution in [0, 0.1) is 5.92 Å². The van der Waals surface area contributed by atoms with Crippen LogP contribution >= 0.6 is 0 Å². The van der Waals surface area contributed by atoms with Crippen LogP contribution in [-0.4, -0.2) is 23.2 Å². The van der Waals surface area contributed by atoms with E-state index in [-0.39, 0.29) is 17.9 Å². The molecule has 2 unspecified atom stereocenters. The molecule has 0 aliphatic heterocycles. The number of hydrogen-bond acceptors (Lipinski definition) is 5. The molecule has 3 aromatic rings. The van der Waals surface area contributed by atoms with Gasteiger partial charge in [0.15, 0.2) is 0 Å². The first-order valence-electron chi connectivity index (χ1n) is 9.62. The normalized spacial score (nSPS) is 13.2. The summed E-state index contributed by atoms with van der Waals surface area (Å²) < 4.78 is 10.8. The molecule has 1 heterocycles. The molecule has 0 bridgehead atoms. The third kappa shape index (κ3) is 5.31. The Kier molecular flexibility index (Phi) is 6.79. The standard InChI is InChI=1S/C23H25N3O3/c1-4-16(2)21(24-20(27)14-13-17-9-6-5-7-10-17)23-25-22(26-29-23)18-11-8-12-19(15-18)28-3/h5-16,21H,4H2,1-3H3,(H,24,27). The number of hydrogen-bond donors (Lipinski definition) is 1. The second-order valence-corrected chi connectivity index (χ2v) is 6.80. The number of nitrogens with zero attached hydrogens (tertiary/aromatic N) is 2. The van der Waals surface area contributed by atoms with Crippen molar-refractivity contribution in [3.8, 4) is 17.1 Å². The summed E-state index contributed by atoms with van der Waals surface area (Å²) >= 11 is 0. The SMILES string of the molecule is CCC(C)C(NC(=O)C=Cc1ccccc1)c1nc(-c2cccc(OC)c2)no1. The van der Waals surface area contributed by atoms with E-state index >= 15 is 0 Å². The summed E-state index contributed by atoms with van der Waals surface area (Å²) in [4.78, 5) is 17.0. The zero-order valence-corrected chi connectivity index (χ0v) is 16.8. The summed E-state index contributed by atoms with van der Waals surface area (Å²) in [5.41, 5.74) is 1.75. The molecule has 0 saturated carbocycles. The molecule has 0 radical (unpaired) electrons. The van der Waals surface area contributed by atoms with Crippen LogP contribution in [0.5, 0.6) is 5.75 Å². The van der Waals surface area contributed by atoms with Crippen LogP contribution in [-0.2, 0) is 4.79 Å². The highest BCUT2D eigenvalue weighted by molar-refractivity contribution is 5.91. The maximum absolute atomic E-state index is 12.5. The van der Waals surface area contributed by atoms with E-state index in [1.54, 1.807) is 13.2 Å². The largest absolute Gasteiger partial charge is 0.497 e. The molecule has 0 fully saturated rings. The van der Waals surface area contributed by atoms with Crippen LogP contribution in [0.1, 0.15) is 37.8 Å². The highest BCUT2D eigenvalue weighted by atomic mass is 16.5. The molecule has 0 aliphatic carbocycles. The van der Waals surface area contributed by atoms with Gasteiger partial charge in [-0.1, -0.05) is 67.9 Å². The number of carbonyl (C=O) groups is 1. The molecule has 2 aromatic carbocycles. The van der Waals surface area contributed by atoms with Crippen molar-refractivity contribution in [3.05, 3.63) is 72.1 Å². The zero-order valence-electron chi connectivity index (χ0n) is 16.8. The fourth-order valence-corrected chi connectivity index (χ4v) is 2.86. The third-order valence-electron chi connectivity index (χ3n) is 4.77. The first kappa shape index (κ1) is 20.3. The van der Waals surface area contributed by atoms with Gasteiger partial charge in [0.1, 0.15) is 11.8 Å². The molecular weight excluding hydrogens is 366 g/mol. The van der Waals surface area contributed by atoms with Crippen molar-refractivity contribution < 1.29 is 14.1 Å². The number of methoxy groups -OCH3 is 1. The smallest absolute Gasteiger partial charge is 0.249 e. The van der Waals surface area contributed by atoms with E-state index in [1.165, 1.54) is 6.08 Å². The number of rotatable bonds is 8. The van der Waals surface area contributed by atoms with E-state index in [1.807, 2.05) is 61.5 Å². The molecular formula is C23H25N3O3. The van der Waals surface area contributed by atoms with Crippen LogP contribution in [0.4, 0.5) is 0 Å². The van der Waals surface area contributed by atoms with Crippen LogP contribution in [0.3, 0.4) is 0 Å². The molecule has 1 N–H and O–H groups in total. The lowest BCUT2D eigenvalue weighted by molar-refractivity contribution is -0.117. The van der Waals surface area contributed by atoms with E-state index in [9.17, 15) is 4.79 Å². The van der Waals surface area contributed by atoms with Crippen LogP contribution in [0.15, 0.2) is 65.2 Å². The molecule has 1 amide bonds. The van der Waals surface area contributed by atoms with Gasteiger partial charge in [0.25, 0.3) is 0 Å². The number of amides is 1. The first-order chi connectivity index (χ1) is 14.1. The molecule has 0 saturated heterocycles. The van der Waals surface area contributed by atoms with Crippen molar-refractivity contribution >= 4 is 12.0 Å². The highest BCUT2D eigenvalue weighted by Crippen LogP contribution is 2.27. The van der Waals surface area contributed by atoms with Crippen molar-refractivity contribution in [1.29, 1.82) is 0 Å². The zero-order chi connectivity index (χ0) is 20.6. The van der Waals surface area contributed by atoms with Gasteiger partial charge in [0.05, 0.1) is 7.11 Å². The molecule has 0 spiro atoms. The second kappa shape index (κ2) is 9.68. The summed E-state index contributed by atoms with van der Waals surface area (Å²) in [5, 5.41) is 7.08. The number of benzene rings is 2. The Morgan fingerprint density at radius 2 is 2.00 bits per heavy atom. The average molecular weight is 391 g/mol. The topological polar surface area (TPSA) is 77.2 Å². The van der Waals surface area contributed by atoms with E-state index in [0.29, 0.717) is 17.5 Å². The highest BCUT2D eigenvalue weighted by Gasteiger charge is 2.26. The van der Waals surface area contributed by atoms with Gasteiger partial charge in [-0.25, -0.2) is 0 Å². The number of aromatic nitrogens is 2. The van der Waals surface area contributed by atoms with Crippen LogP contribution in [0.25, 0.3) is 17.5 Å². The maximum Gasteiger partial charge on any atom is 0.249 e. The van der Waals surface area contributed by atoms with Gasteiger partial charge in [-0.2, -0.15) is 4.98 Å². The molecule has 6 nitrogen and oxygen atoms in total. The lowest BCUT2D eigenvalue weighted by Crippen LogP contribution is -2.31. The molecule has 150 valence electrons. The number of nitrogens with one attached hydrogen (secondary N) is 1. The second-order valence-electron chi connectivity index (χ2n) is 6.80. The van der Waals surface area contributed by atoms with Crippen molar-refractivity contribution in [2.24, 2.45) is 5.92 Å². The lowest BCUT2D eigenvalue weighted by atomic mass is 9.99. The Bertz CT molecular complexity index is 966. The molecule has 2 atom stereocenters. The molecule has 6 heteroatoms. The summed E-state index contributed by atoms with van der Waals surface area (Å²) in [7, 11) is 1.61. The third-order valence-corrected chi connectivity index (χ3v) is 4.77. The minimum absolute atomic E-state index is 0.127. The van der Waals surface area contributed by atoms with Crippen molar-refractivity contribution in [1.82, 2.24) is 15.5 Å². The monoisotopic (exact) mass is 391 g/mol. The fraction of sp³-hybridized carbons (Fsp3) is 0.261. The minimum atomic E-state index is -0.375. The van der Waals surface area contributed by atoms with Crippen molar-refractivity contribution in [2.45, 2.75) is 26.3 Å². The molecule has 3 rings (SSSR count). The van der Waals surface area contributed by atoms with E-state index in [0.717, 1.165) is 17.5 Å². The van der Waals surface area contributed by atoms with E-state index in [4.69, 9.17) is 9.26 Å². The predicted octanol–water partition coefficient (Wildman–Crippen LogP) is 4.66. The molecule has 29 heavy (non-hydrogen) atoms. The summed E-state index contributed by atoms with van der Waals surface area (Å²) in [5.74, 6) is 1.48. The van der Waals surface area contributed by atoms with Gasteiger partial charge in [-0.15, -0.1) is 0 Å². The van der Waals surface area contributed by atoms with Crippen LogP contribution in [0.2, 0.25) is 0 Å². The van der Waals surface area contributed by atoms with Gasteiger partial charge in [-0.3, -0.25) is 4.79 Å². The Morgan fingerprint density at radius 3 is 2.72 bits per heavy atom. The first-order valence-corrected chi connectivity index (χ1v) is 9.62. The quantitative estimate of drug-likeness (QED) is 0.565. The van der Waals surface area contributed by atoms with Gasteiger partial charge >= 0.3 is 0 Å². The van der Waals surface area contributed by atoms with Gasteiger partial charge in [-0.05, 0) is 29.7 Å². The van der Waals surface area contributed by atoms with Gasteiger partial charge < -0.3 is 14.6 Å². The molecule has 0 aliphatic rings. The van der Waals surface area contributed by atoms with E-state index < -0.39 is 0 Å². The van der Waals surface area contributed by atoms with Gasteiger partial charge in [0.2, 0.25) is 17.6 Å². The van der Waals surface area contributed by atoms with Crippen molar-refractivity contribution in [2.75, 3.05) is 7.11 Å². The Morgan fingerprint density at radius 1 is 1.21 bits per heavy atom. The predicted molar refractivity (Wildman–Crippen MR) is 112 cm³/mol. The van der Waals surface area contributed by atoms with Crippen molar-refractivity contribution in [3.63, 3.8) is 0 Å². The summed E-state index contributed by atoms with van der Waals surface area (Å²) in [6.45, 7) is 4.10. The Hall–Kier alpha value is -3.41. The number of carbonyl (C=O) groups excluding carboxylic acids is 1. The van der Waals surface area contributed by atoms with Gasteiger partial charge in [0, 0.05) is 11.6 Å². The average Bonchev–Trinajstić information content (AvgIpc) is 3.26. The Labute approximate surface area is 170 Å². The maximum atomic E-state index is 12.5. The van der Waals surface area contributed by atoms with E-state index in [2.05, 4.69) is 22.4 Å². The fourth-order valence-electron chi connectivity index (χ4n) is 2.86. The van der Waals surface area contributed by atoms with Crippen LogP contribution < -0.4 is 10.1 Å². The Balaban J connectivity index is 1.77. The number of ether oxygens (including phenoxy) is 1.